The Bertz CT molecular complexity index is 679. The van der Waals surface area contributed by atoms with Crippen LogP contribution in [0.4, 0.5) is 0 Å². The number of hydrogen-bond donors (Lipinski definition) is 1. The third-order valence-corrected chi connectivity index (χ3v) is 4.55. The Labute approximate surface area is 125 Å². The van der Waals surface area contributed by atoms with E-state index in [4.69, 9.17) is 10.5 Å². The van der Waals surface area contributed by atoms with Crippen LogP contribution in [-0.4, -0.2) is 0 Å². The van der Waals surface area contributed by atoms with Crippen LogP contribution >= 0.6 is 0 Å². The van der Waals surface area contributed by atoms with Gasteiger partial charge in [0.05, 0.1) is 0 Å². The summed E-state index contributed by atoms with van der Waals surface area (Å²) in [6, 6.07) is 10.7. The molecule has 1 heterocycles. The van der Waals surface area contributed by atoms with Gasteiger partial charge in [-0.05, 0) is 48.5 Å². The zero-order valence-corrected chi connectivity index (χ0v) is 12.0. The first-order valence-corrected chi connectivity index (χ1v) is 7.60. The van der Waals surface area contributed by atoms with Crippen molar-refractivity contribution in [2.45, 2.75) is 19.3 Å². The molecule has 21 heavy (non-hydrogen) atoms. The summed E-state index contributed by atoms with van der Waals surface area (Å²) in [6.07, 6.45) is 11.7. The molecular weight excluding hydrogens is 258 g/mol. The molecule has 0 saturated heterocycles. The number of benzene rings is 1. The summed E-state index contributed by atoms with van der Waals surface area (Å²) in [7, 11) is 0. The van der Waals surface area contributed by atoms with Gasteiger partial charge in [-0.1, -0.05) is 42.5 Å². The molecule has 0 fully saturated rings. The largest absolute Gasteiger partial charge is 0.461 e. The fourth-order valence-corrected chi connectivity index (χ4v) is 3.49. The maximum absolute atomic E-state index is 5.97. The first-order chi connectivity index (χ1) is 10.3. The molecule has 2 nitrogen and oxygen atoms in total. The molecule has 4 rings (SSSR count). The standard InChI is InChI=1S/C19H19NO/c20-15-7-8-16-17-11-14(10-13-4-2-1-3-5-13)6-9-18(17)21-19(16)12-15/h1-7,9,12,14,16H,8,10-11,20H2. The number of nitrogens with two attached hydrogens (primary N) is 1. The van der Waals surface area contributed by atoms with Crippen LogP contribution in [0.3, 0.4) is 0 Å². The maximum atomic E-state index is 5.97. The SMILES string of the molecule is NC1=CCC2C(=C1)OC1=C2CC(Cc2ccccc2)C=C1. The third kappa shape index (κ3) is 2.31. The van der Waals surface area contributed by atoms with E-state index in [0.717, 1.165) is 36.5 Å². The van der Waals surface area contributed by atoms with E-state index in [1.807, 2.05) is 6.08 Å². The molecule has 1 aliphatic heterocycles. The number of ether oxygens (including phenoxy) is 1. The van der Waals surface area contributed by atoms with E-state index in [0.29, 0.717) is 11.8 Å². The second-order valence-corrected chi connectivity index (χ2v) is 6.04. The molecule has 2 unspecified atom stereocenters. The normalized spacial score (nSPS) is 26.7. The van der Waals surface area contributed by atoms with Crippen molar-refractivity contribution in [2.75, 3.05) is 0 Å². The maximum Gasteiger partial charge on any atom is 0.126 e. The van der Waals surface area contributed by atoms with Crippen LogP contribution in [0.15, 0.2) is 77.4 Å². The second-order valence-electron chi connectivity index (χ2n) is 6.04. The van der Waals surface area contributed by atoms with Crippen molar-refractivity contribution in [3.8, 4) is 0 Å². The van der Waals surface area contributed by atoms with Gasteiger partial charge in [0.25, 0.3) is 0 Å². The first-order valence-electron chi connectivity index (χ1n) is 7.60. The van der Waals surface area contributed by atoms with Gasteiger partial charge in [-0.15, -0.1) is 0 Å². The minimum absolute atomic E-state index is 0.413. The number of hydrogen-bond acceptors (Lipinski definition) is 2. The first kappa shape index (κ1) is 12.5. The molecular formula is C19H19NO. The van der Waals surface area contributed by atoms with Crippen LogP contribution in [0.5, 0.6) is 0 Å². The van der Waals surface area contributed by atoms with Crippen LogP contribution in [0.1, 0.15) is 18.4 Å². The van der Waals surface area contributed by atoms with E-state index in [1.165, 1.54) is 11.1 Å². The number of allylic oxidation sites excluding steroid dienone is 5. The van der Waals surface area contributed by atoms with Crippen LogP contribution in [-0.2, 0) is 11.2 Å². The molecule has 2 atom stereocenters. The van der Waals surface area contributed by atoms with E-state index in [1.54, 1.807) is 0 Å². The minimum atomic E-state index is 0.413. The summed E-state index contributed by atoms with van der Waals surface area (Å²) in [5.41, 5.74) is 9.56. The molecule has 2 aliphatic carbocycles. The van der Waals surface area contributed by atoms with Crippen LogP contribution in [0.25, 0.3) is 0 Å². The number of rotatable bonds is 2. The topological polar surface area (TPSA) is 35.2 Å². The Morgan fingerprint density at radius 2 is 2.05 bits per heavy atom. The van der Waals surface area contributed by atoms with Gasteiger partial charge in [-0.3, -0.25) is 0 Å². The van der Waals surface area contributed by atoms with Gasteiger partial charge in [-0.2, -0.15) is 0 Å². The van der Waals surface area contributed by atoms with E-state index >= 15 is 0 Å². The summed E-state index contributed by atoms with van der Waals surface area (Å²) >= 11 is 0. The lowest BCUT2D eigenvalue weighted by molar-refractivity contribution is 0.315. The van der Waals surface area contributed by atoms with Gasteiger partial charge >= 0.3 is 0 Å². The Morgan fingerprint density at radius 1 is 1.19 bits per heavy atom. The highest BCUT2D eigenvalue weighted by Gasteiger charge is 2.35. The fourth-order valence-electron chi connectivity index (χ4n) is 3.49. The van der Waals surface area contributed by atoms with Crippen LogP contribution in [0, 0.1) is 11.8 Å². The predicted molar refractivity (Wildman–Crippen MR) is 84.0 cm³/mol. The molecule has 2 heteroatoms. The molecule has 0 aromatic heterocycles. The highest BCUT2D eigenvalue weighted by Crippen LogP contribution is 2.45. The summed E-state index contributed by atoms with van der Waals surface area (Å²) < 4.78 is 5.97. The molecule has 0 radical (unpaired) electrons. The lowest BCUT2D eigenvalue weighted by Crippen LogP contribution is -2.13. The van der Waals surface area contributed by atoms with Crippen molar-refractivity contribution in [1.29, 1.82) is 0 Å². The highest BCUT2D eigenvalue weighted by atomic mass is 16.5. The summed E-state index contributed by atoms with van der Waals surface area (Å²) in [5, 5.41) is 0. The van der Waals surface area contributed by atoms with Gasteiger partial charge in [0.2, 0.25) is 0 Å². The van der Waals surface area contributed by atoms with Crippen molar-refractivity contribution in [3.63, 3.8) is 0 Å². The Hall–Kier alpha value is -2.22. The van der Waals surface area contributed by atoms with Crippen molar-refractivity contribution < 1.29 is 4.74 Å². The van der Waals surface area contributed by atoms with Crippen molar-refractivity contribution in [2.24, 2.45) is 17.6 Å². The Balaban J connectivity index is 1.52. The molecule has 106 valence electrons. The lowest BCUT2D eigenvalue weighted by Gasteiger charge is -2.21. The highest BCUT2D eigenvalue weighted by molar-refractivity contribution is 5.42. The van der Waals surface area contributed by atoms with Gasteiger partial charge in [-0.25, -0.2) is 0 Å². The third-order valence-electron chi connectivity index (χ3n) is 4.55. The molecule has 0 saturated carbocycles. The average Bonchev–Trinajstić information content (AvgIpc) is 2.85. The fraction of sp³-hybridized carbons (Fsp3) is 0.263. The van der Waals surface area contributed by atoms with Crippen molar-refractivity contribution in [1.82, 2.24) is 0 Å². The zero-order valence-electron chi connectivity index (χ0n) is 12.0. The molecule has 0 spiro atoms. The smallest absolute Gasteiger partial charge is 0.126 e. The average molecular weight is 277 g/mol. The predicted octanol–water partition coefficient (Wildman–Crippen LogP) is 3.84. The molecule has 1 aromatic carbocycles. The minimum Gasteiger partial charge on any atom is -0.461 e. The van der Waals surface area contributed by atoms with Crippen LogP contribution in [0.2, 0.25) is 0 Å². The summed E-state index contributed by atoms with van der Waals surface area (Å²) in [6.45, 7) is 0. The van der Waals surface area contributed by atoms with E-state index in [-0.39, 0.29) is 0 Å². The van der Waals surface area contributed by atoms with Gasteiger partial charge in [0.1, 0.15) is 11.5 Å². The Kier molecular flexibility index (Phi) is 2.95. The van der Waals surface area contributed by atoms with Gasteiger partial charge < -0.3 is 10.5 Å². The lowest BCUT2D eigenvalue weighted by atomic mass is 9.81. The van der Waals surface area contributed by atoms with Crippen LogP contribution < -0.4 is 5.73 Å². The molecule has 0 amide bonds. The second kappa shape index (κ2) is 4.96. The quantitative estimate of drug-likeness (QED) is 0.891. The van der Waals surface area contributed by atoms with Gasteiger partial charge in [0.15, 0.2) is 0 Å². The summed E-state index contributed by atoms with van der Waals surface area (Å²) in [4.78, 5) is 0. The number of fused-ring (bicyclic) bond motifs is 2. The zero-order chi connectivity index (χ0) is 14.2. The molecule has 2 N–H and O–H groups in total. The summed E-state index contributed by atoms with van der Waals surface area (Å²) in [5.74, 6) is 3.07. The van der Waals surface area contributed by atoms with E-state index in [2.05, 4.69) is 48.6 Å². The van der Waals surface area contributed by atoms with Crippen molar-refractivity contribution >= 4 is 0 Å². The molecule has 1 aromatic rings. The van der Waals surface area contributed by atoms with Crippen molar-refractivity contribution in [3.05, 3.63) is 83.0 Å². The Morgan fingerprint density at radius 3 is 2.90 bits per heavy atom. The van der Waals surface area contributed by atoms with E-state index in [9.17, 15) is 0 Å². The molecule has 3 aliphatic rings. The molecule has 0 bridgehead atoms. The monoisotopic (exact) mass is 277 g/mol. The van der Waals surface area contributed by atoms with E-state index < -0.39 is 0 Å². The van der Waals surface area contributed by atoms with Gasteiger partial charge in [0, 0.05) is 11.6 Å².